The summed E-state index contributed by atoms with van der Waals surface area (Å²) in [4.78, 5) is 0. The highest BCUT2D eigenvalue weighted by Crippen LogP contribution is 2.50. The molecule has 8 rings (SSSR count). The topological polar surface area (TPSA) is 20.9 Å². The van der Waals surface area contributed by atoms with E-state index in [0.29, 0.717) is 0 Å². The zero-order valence-electron chi connectivity index (χ0n) is 22.1. The molecule has 0 bridgehead atoms. The summed E-state index contributed by atoms with van der Waals surface area (Å²) in [5.74, 6) is 1.20. The first-order valence-electron chi connectivity index (χ1n) is 13.7. The molecule has 3 aromatic heterocycles. The van der Waals surface area contributed by atoms with Crippen LogP contribution in [0.25, 0.3) is 33.5 Å². The quantitative estimate of drug-likeness (QED) is 0.218. The number of fused-ring (bicyclic) bond motifs is 14. The molecule has 0 N–H and O–H groups in total. The summed E-state index contributed by atoms with van der Waals surface area (Å²) in [6.45, 7) is 9.10. The number of furan rings is 1. The number of rotatable bonds is 0. The predicted octanol–water partition coefficient (Wildman–Crippen LogP) is 6.75. The molecule has 5 heterocycles. The number of nitrogens with zero attached hydrogens (tertiary/aromatic N) is 2. The van der Waals surface area contributed by atoms with Gasteiger partial charge in [0.25, 0.3) is 0 Å². The maximum absolute atomic E-state index is 6.80. The number of aromatic nitrogens is 2. The number of hydrogen-bond acceptors (Lipinski definition) is 1. The zero-order chi connectivity index (χ0) is 25.1. The average molecular weight is 485 g/mol. The van der Waals surface area contributed by atoms with Gasteiger partial charge in [0.2, 0.25) is 11.4 Å². The van der Waals surface area contributed by atoms with Gasteiger partial charge in [-0.05, 0) is 67.5 Å². The summed E-state index contributed by atoms with van der Waals surface area (Å²) < 4.78 is 11.8. The molecule has 3 nitrogen and oxygen atoms in total. The highest BCUT2D eigenvalue weighted by molar-refractivity contribution is 5.97. The smallest absolute Gasteiger partial charge is 0.417 e. The Hall–Kier alpha value is -3.72. The molecule has 182 valence electrons. The Morgan fingerprint density at radius 1 is 0.838 bits per heavy atom. The molecule has 0 saturated heterocycles. The predicted molar refractivity (Wildman–Crippen MR) is 146 cm³/mol. The van der Waals surface area contributed by atoms with Crippen molar-refractivity contribution in [3.05, 3.63) is 107 Å². The fourth-order valence-electron chi connectivity index (χ4n) is 7.20. The second-order valence-electron chi connectivity index (χ2n) is 12.2. The Morgan fingerprint density at radius 3 is 2.54 bits per heavy atom. The number of benzene rings is 2. The van der Waals surface area contributed by atoms with Crippen LogP contribution in [0.1, 0.15) is 67.2 Å². The van der Waals surface area contributed by atoms with Crippen LogP contribution in [-0.2, 0) is 23.9 Å². The lowest BCUT2D eigenvalue weighted by molar-refractivity contribution is -0.955. The summed E-state index contributed by atoms with van der Waals surface area (Å²) in [6.07, 6.45) is 9.29. The molecule has 0 fully saturated rings. The number of pyridine rings is 2. The van der Waals surface area contributed by atoms with Gasteiger partial charge in [-0.2, -0.15) is 0 Å². The molecule has 37 heavy (non-hydrogen) atoms. The van der Waals surface area contributed by atoms with Gasteiger partial charge in [-0.15, -0.1) is 9.13 Å². The molecular formula is C34H32N2O+2. The summed E-state index contributed by atoms with van der Waals surface area (Å²) in [5.41, 5.74) is 12.4. The van der Waals surface area contributed by atoms with Crippen LogP contribution in [0.15, 0.2) is 77.5 Å². The van der Waals surface area contributed by atoms with Crippen LogP contribution < -0.4 is 9.13 Å². The molecule has 1 spiro atoms. The third kappa shape index (κ3) is 2.57. The van der Waals surface area contributed by atoms with Crippen molar-refractivity contribution in [2.45, 2.75) is 64.5 Å². The number of hydrogen-bond donors (Lipinski definition) is 0. The second-order valence-corrected chi connectivity index (χ2v) is 12.2. The molecule has 1 aliphatic carbocycles. The summed E-state index contributed by atoms with van der Waals surface area (Å²) in [6, 6.07) is 22.9. The Morgan fingerprint density at radius 2 is 1.68 bits per heavy atom. The van der Waals surface area contributed by atoms with E-state index in [1.54, 1.807) is 0 Å². The van der Waals surface area contributed by atoms with Crippen LogP contribution in [0.4, 0.5) is 0 Å². The van der Waals surface area contributed by atoms with Crippen LogP contribution >= 0.6 is 0 Å². The summed E-state index contributed by atoms with van der Waals surface area (Å²) in [5, 5.41) is 1.30. The van der Waals surface area contributed by atoms with Gasteiger partial charge in [0, 0.05) is 41.1 Å². The van der Waals surface area contributed by atoms with Gasteiger partial charge in [0.05, 0.1) is 5.56 Å². The van der Waals surface area contributed by atoms with Gasteiger partial charge in [-0.1, -0.05) is 32.9 Å². The molecule has 0 saturated carbocycles. The zero-order valence-corrected chi connectivity index (χ0v) is 22.1. The normalized spacial score (nSPS) is 19.0. The second kappa shape index (κ2) is 6.98. The molecule has 0 amide bonds. The van der Waals surface area contributed by atoms with E-state index in [4.69, 9.17) is 4.42 Å². The third-order valence-corrected chi connectivity index (χ3v) is 8.95. The van der Waals surface area contributed by atoms with Gasteiger partial charge in [-0.25, -0.2) is 0 Å². The first-order valence-corrected chi connectivity index (χ1v) is 13.7. The van der Waals surface area contributed by atoms with Crippen molar-refractivity contribution < 1.29 is 13.6 Å². The molecular weight excluding hydrogens is 452 g/mol. The Bertz CT molecular complexity index is 1780. The first-order chi connectivity index (χ1) is 17.9. The van der Waals surface area contributed by atoms with Crippen LogP contribution in [-0.4, -0.2) is 0 Å². The highest BCUT2D eigenvalue weighted by Gasteiger charge is 2.67. The number of aryl methyl sites for hydroxylation is 3. The van der Waals surface area contributed by atoms with E-state index in [9.17, 15) is 0 Å². The van der Waals surface area contributed by atoms with Gasteiger partial charge in [0.1, 0.15) is 28.0 Å². The summed E-state index contributed by atoms with van der Waals surface area (Å²) >= 11 is 0. The van der Waals surface area contributed by atoms with Crippen LogP contribution in [0, 0.1) is 6.92 Å². The SMILES string of the molecule is Cc1ccc2[n+](c1)C1(c3ccccc3-2)c2ccc3c4c(oc3c2-c2cc(C(C)(C)C)cc[n+]21)CCCC4. The van der Waals surface area contributed by atoms with E-state index >= 15 is 0 Å². The Kier molecular flexibility index (Phi) is 4.03. The van der Waals surface area contributed by atoms with E-state index < -0.39 is 5.66 Å². The summed E-state index contributed by atoms with van der Waals surface area (Å²) in [7, 11) is 0. The first kappa shape index (κ1) is 21.4. The standard InChI is InChI=1S/C34H32N2O/c1-21-13-16-28-25-10-5-7-11-26(25)34(36(28)20-21)27-15-14-24-23-9-6-8-12-30(23)37-32(24)31(27)29-19-22(33(2,3)4)17-18-35(29)34/h5,7,10-11,13-20H,6,8-9,12H2,1-4H3/q+2. The van der Waals surface area contributed by atoms with Crippen molar-refractivity contribution in [2.75, 3.05) is 0 Å². The van der Waals surface area contributed by atoms with Crippen molar-refractivity contribution in [2.24, 2.45) is 0 Å². The van der Waals surface area contributed by atoms with E-state index in [0.717, 1.165) is 18.4 Å². The molecule has 2 aromatic carbocycles. The van der Waals surface area contributed by atoms with Gasteiger partial charge < -0.3 is 4.42 Å². The Labute approximate surface area is 218 Å². The van der Waals surface area contributed by atoms with Crippen LogP contribution in [0.5, 0.6) is 0 Å². The monoisotopic (exact) mass is 484 g/mol. The van der Waals surface area contributed by atoms with Crippen molar-refractivity contribution in [3.63, 3.8) is 0 Å². The molecule has 0 radical (unpaired) electrons. The third-order valence-electron chi connectivity index (χ3n) is 8.95. The largest absolute Gasteiger partial charge is 0.460 e. The fourth-order valence-corrected chi connectivity index (χ4v) is 7.20. The lowest BCUT2D eigenvalue weighted by atomic mass is 9.86. The lowest BCUT2D eigenvalue weighted by Gasteiger charge is -2.20. The van der Waals surface area contributed by atoms with Crippen LogP contribution in [0.3, 0.4) is 0 Å². The van der Waals surface area contributed by atoms with Gasteiger partial charge in [-0.3, -0.25) is 0 Å². The van der Waals surface area contributed by atoms with Crippen molar-refractivity contribution in [1.29, 1.82) is 0 Å². The average Bonchev–Trinajstić information content (AvgIpc) is 3.51. The van der Waals surface area contributed by atoms with Gasteiger partial charge in [0.15, 0.2) is 12.4 Å². The van der Waals surface area contributed by atoms with Crippen molar-refractivity contribution in [1.82, 2.24) is 0 Å². The molecule has 3 heteroatoms. The van der Waals surface area contributed by atoms with Gasteiger partial charge >= 0.3 is 5.66 Å². The van der Waals surface area contributed by atoms with E-state index in [-0.39, 0.29) is 5.41 Å². The molecule has 5 aromatic rings. The molecule has 1 atom stereocenters. The maximum atomic E-state index is 6.80. The van der Waals surface area contributed by atoms with E-state index in [2.05, 4.69) is 110 Å². The van der Waals surface area contributed by atoms with Crippen LogP contribution in [0.2, 0.25) is 0 Å². The molecule has 3 aliphatic rings. The lowest BCUT2D eigenvalue weighted by Crippen LogP contribution is -2.71. The van der Waals surface area contributed by atoms with E-state index in [1.165, 1.54) is 74.3 Å². The minimum atomic E-state index is -0.486. The Balaban J connectivity index is 1.57. The van der Waals surface area contributed by atoms with Crippen molar-refractivity contribution in [3.8, 4) is 22.5 Å². The molecule has 1 unspecified atom stereocenters. The minimum absolute atomic E-state index is 0.0526. The minimum Gasteiger partial charge on any atom is -0.460 e. The van der Waals surface area contributed by atoms with Crippen molar-refractivity contribution >= 4 is 11.0 Å². The fraction of sp³-hybridized carbons (Fsp3) is 0.294. The molecule has 2 aliphatic heterocycles. The highest BCUT2D eigenvalue weighted by atomic mass is 16.3. The maximum Gasteiger partial charge on any atom is 0.417 e. The van der Waals surface area contributed by atoms with E-state index in [1.807, 2.05) is 0 Å².